The van der Waals surface area contributed by atoms with Crippen molar-refractivity contribution in [1.29, 1.82) is 0 Å². The predicted octanol–water partition coefficient (Wildman–Crippen LogP) is 7.19. The minimum absolute atomic E-state index is 0.0699. The van der Waals surface area contributed by atoms with Gasteiger partial charge in [0.1, 0.15) is 0 Å². The number of ketones is 2. The van der Waals surface area contributed by atoms with Gasteiger partial charge in [-0.1, -0.05) is 101 Å². The Bertz CT molecular complexity index is 1530. The Morgan fingerprint density at radius 2 is 0.526 bits per heavy atom. The van der Waals surface area contributed by atoms with Crippen molar-refractivity contribution in [2.45, 2.75) is 27.7 Å². The molecule has 0 aromatic carbocycles. The molecule has 8 rings (SSSR count). The summed E-state index contributed by atoms with van der Waals surface area (Å²) in [7, 11) is 0. The van der Waals surface area contributed by atoms with E-state index in [-0.39, 0.29) is 33.2 Å². The van der Waals surface area contributed by atoms with Gasteiger partial charge in [0.15, 0.2) is 11.6 Å². The Labute approximate surface area is 223 Å². The minimum Gasteiger partial charge on any atom is -0.290 e. The maximum atomic E-state index is 12.4. The van der Waals surface area contributed by atoms with Crippen LogP contribution in [0.2, 0.25) is 0 Å². The van der Waals surface area contributed by atoms with Crippen LogP contribution in [0.3, 0.4) is 0 Å². The Kier molecular flexibility index (Phi) is 3.76. The fraction of sp³-hybridized carbons (Fsp3) is 0.222. The summed E-state index contributed by atoms with van der Waals surface area (Å²) < 4.78 is 0. The lowest BCUT2D eigenvalue weighted by molar-refractivity contribution is -0.111. The van der Waals surface area contributed by atoms with E-state index in [1.165, 1.54) is 33.4 Å². The Hall–Kier alpha value is -4.04. The summed E-state index contributed by atoms with van der Waals surface area (Å²) in [5, 5.41) is 0. The molecule has 184 valence electrons. The van der Waals surface area contributed by atoms with E-state index in [0.29, 0.717) is 0 Å². The SMILES string of the molecule is CC12C3=CC(=O)C=C1C=CC1=CC(=C4C=C5C=CC6=CC(=O)C=C7C=CC(=C4)C5(C)C67C)C=C(C=C3)C12C. The molecule has 0 aliphatic heterocycles. The van der Waals surface area contributed by atoms with Gasteiger partial charge < -0.3 is 0 Å². The molecule has 0 bridgehead atoms. The summed E-state index contributed by atoms with van der Waals surface area (Å²) in [6.07, 6.45) is 34.0. The first kappa shape index (κ1) is 22.0. The lowest BCUT2D eigenvalue weighted by atomic mass is 9.45. The number of allylic oxidation sites excluding steroid dienone is 26. The Balaban J connectivity index is 1.36. The van der Waals surface area contributed by atoms with E-state index in [9.17, 15) is 9.59 Å². The average Bonchev–Trinajstić information content (AvgIpc) is 2.87. The number of carbonyl (C=O) groups excluding carboxylic acids is 2. The average molecular weight is 493 g/mol. The van der Waals surface area contributed by atoms with Gasteiger partial charge in [-0.2, -0.15) is 0 Å². The molecule has 0 N–H and O–H groups in total. The molecule has 0 unspecified atom stereocenters. The molecule has 0 saturated heterocycles. The van der Waals surface area contributed by atoms with Crippen molar-refractivity contribution in [2.24, 2.45) is 21.7 Å². The highest BCUT2D eigenvalue weighted by Gasteiger charge is 2.58. The third-order valence-electron chi connectivity index (χ3n) is 11.2. The smallest absolute Gasteiger partial charge is 0.179 e. The van der Waals surface area contributed by atoms with Crippen molar-refractivity contribution in [2.75, 3.05) is 0 Å². The first-order valence-electron chi connectivity index (χ1n) is 13.4. The molecule has 38 heavy (non-hydrogen) atoms. The lowest BCUT2D eigenvalue weighted by Gasteiger charge is -2.57. The van der Waals surface area contributed by atoms with Crippen LogP contribution in [0, 0.1) is 21.7 Å². The Morgan fingerprint density at radius 1 is 0.342 bits per heavy atom. The molecule has 8 aliphatic rings. The number of hydrogen-bond acceptors (Lipinski definition) is 2. The van der Waals surface area contributed by atoms with Crippen molar-refractivity contribution in [1.82, 2.24) is 0 Å². The largest absolute Gasteiger partial charge is 0.290 e. The fourth-order valence-corrected chi connectivity index (χ4v) is 8.35. The fourth-order valence-electron chi connectivity index (χ4n) is 8.35. The summed E-state index contributed by atoms with van der Waals surface area (Å²) in [6.45, 7) is 9.22. The van der Waals surface area contributed by atoms with Gasteiger partial charge in [-0.05, 0) is 80.0 Å². The van der Waals surface area contributed by atoms with Gasteiger partial charge in [0.2, 0.25) is 0 Å². The standard InChI is InChI=1S/C36H28O2/c1-33-23-5-9-27-17-31(37)18-28(35(27,33)3)10-6-24(33)14-21(13-23)22-15-25-7-11-29-19-32(38)20-30-12-8-26(16-22)34(25,2)36(29,30)4/h5-20H,1-4H3. The van der Waals surface area contributed by atoms with E-state index >= 15 is 0 Å². The van der Waals surface area contributed by atoms with Crippen LogP contribution in [0.1, 0.15) is 27.7 Å². The summed E-state index contributed by atoms with van der Waals surface area (Å²) in [6, 6.07) is 0. The molecule has 0 radical (unpaired) electrons. The normalized spacial score (nSPS) is 38.7. The van der Waals surface area contributed by atoms with E-state index in [1.54, 1.807) is 24.3 Å². The van der Waals surface area contributed by atoms with Gasteiger partial charge in [-0.25, -0.2) is 0 Å². The van der Waals surface area contributed by atoms with Crippen molar-refractivity contribution in [3.63, 3.8) is 0 Å². The van der Waals surface area contributed by atoms with E-state index in [0.717, 1.165) is 22.3 Å². The third-order valence-corrected chi connectivity index (χ3v) is 11.2. The minimum atomic E-state index is -0.267. The van der Waals surface area contributed by atoms with Crippen LogP contribution in [0.25, 0.3) is 0 Å². The van der Waals surface area contributed by atoms with Crippen molar-refractivity contribution < 1.29 is 9.59 Å². The summed E-state index contributed by atoms with van der Waals surface area (Å²) in [4.78, 5) is 24.8. The topological polar surface area (TPSA) is 34.1 Å². The second kappa shape index (κ2) is 6.50. The maximum absolute atomic E-state index is 12.4. The van der Waals surface area contributed by atoms with E-state index in [1.807, 2.05) is 0 Å². The van der Waals surface area contributed by atoms with Crippen LogP contribution in [0.15, 0.2) is 153 Å². The van der Waals surface area contributed by atoms with Crippen LogP contribution < -0.4 is 0 Å². The van der Waals surface area contributed by atoms with Gasteiger partial charge in [0, 0.05) is 21.7 Å². The van der Waals surface area contributed by atoms with Gasteiger partial charge in [-0.15, -0.1) is 0 Å². The maximum Gasteiger partial charge on any atom is 0.179 e. The highest BCUT2D eigenvalue weighted by molar-refractivity contribution is 6.04. The predicted molar refractivity (Wildman–Crippen MR) is 151 cm³/mol. The molecular formula is C36H28O2. The van der Waals surface area contributed by atoms with Gasteiger partial charge in [0.25, 0.3) is 0 Å². The van der Waals surface area contributed by atoms with Crippen LogP contribution in [0.5, 0.6) is 0 Å². The zero-order valence-electron chi connectivity index (χ0n) is 22.1. The van der Waals surface area contributed by atoms with Crippen LogP contribution in [-0.4, -0.2) is 11.6 Å². The zero-order valence-corrected chi connectivity index (χ0v) is 22.1. The molecule has 0 heterocycles. The first-order chi connectivity index (χ1) is 18.1. The molecule has 0 aromatic rings. The molecule has 8 aliphatic carbocycles. The molecule has 2 nitrogen and oxygen atoms in total. The molecule has 0 amide bonds. The number of rotatable bonds is 0. The number of carbonyl (C=O) groups is 2. The molecule has 2 heteroatoms. The second-order valence-corrected chi connectivity index (χ2v) is 12.3. The van der Waals surface area contributed by atoms with E-state index in [4.69, 9.17) is 0 Å². The highest BCUT2D eigenvalue weighted by atomic mass is 16.1. The van der Waals surface area contributed by atoms with Gasteiger partial charge in [-0.3, -0.25) is 9.59 Å². The van der Waals surface area contributed by atoms with Gasteiger partial charge >= 0.3 is 0 Å². The van der Waals surface area contributed by atoms with Crippen molar-refractivity contribution >= 4 is 11.6 Å². The molecule has 0 saturated carbocycles. The summed E-state index contributed by atoms with van der Waals surface area (Å²) >= 11 is 0. The molecule has 0 aromatic heterocycles. The summed E-state index contributed by atoms with van der Waals surface area (Å²) in [5.41, 5.74) is 10.9. The monoisotopic (exact) mass is 492 g/mol. The number of hydrogen-bond donors (Lipinski definition) is 0. The van der Waals surface area contributed by atoms with Crippen molar-refractivity contribution in [3.05, 3.63) is 153 Å². The van der Waals surface area contributed by atoms with E-state index < -0.39 is 0 Å². The summed E-state index contributed by atoms with van der Waals surface area (Å²) in [5.74, 6) is 0.140. The van der Waals surface area contributed by atoms with Crippen LogP contribution >= 0.6 is 0 Å². The molecule has 0 spiro atoms. The van der Waals surface area contributed by atoms with E-state index in [2.05, 4.69) is 101 Å². The Morgan fingerprint density at radius 3 is 0.737 bits per heavy atom. The zero-order chi connectivity index (χ0) is 26.2. The van der Waals surface area contributed by atoms with Gasteiger partial charge in [0.05, 0.1) is 0 Å². The van der Waals surface area contributed by atoms with Crippen LogP contribution in [0.4, 0.5) is 0 Å². The third kappa shape index (κ3) is 2.20. The lowest BCUT2D eigenvalue weighted by Crippen LogP contribution is -2.48. The molecule has 0 atom stereocenters. The second-order valence-electron chi connectivity index (χ2n) is 12.3. The van der Waals surface area contributed by atoms with Crippen molar-refractivity contribution in [3.8, 4) is 0 Å². The quantitative estimate of drug-likeness (QED) is 0.359. The first-order valence-corrected chi connectivity index (χ1v) is 13.4. The molecular weight excluding hydrogens is 464 g/mol. The highest BCUT2D eigenvalue weighted by Crippen LogP contribution is 2.67. The van der Waals surface area contributed by atoms with Crippen LogP contribution in [-0.2, 0) is 9.59 Å². The molecule has 0 fully saturated rings.